The maximum absolute atomic E-state index is 11.9. The van der Waals surface area contributed by atoms with Gasteiger partial charge in [-0.1, -0.05) is 41.5 Å². The van der Waals surface area contributed by atoms with Crippen molar-refractivity contribution in [1.82, 2.24) is 5.32 Å². The van der Waals surface area contributed by atoms with E-state index in [9.17, 15) is 9.59 Å². The summed E-state index contributed by atoms with van der Waals surface area (Å²) in [4.78, 5) is 22.9. The average molecular weight is 243 g/mol. The summed E-state index contributed by atoms with van der Waals surface area (Å²) in [5, 5.41) is 11.7. The molecule has 0 bridgehead atoms. The van der Waals surface area contributed by atoms with Gasteiger partial charge in [0, 0.05) is 5.92 Å². The van der Waals surface area contributed by atoms with Gasteiger partial charge in [0.15, 0.2) is 0 Å². The molecule has 100 valence electrons. The molecule has 0 aromatic rings. The van der Waals surface area contributed by atoms with Gasteiger partial charge in [-0.05, 0) is 17.8 Å². The first-order valence-corrected chi connectivity index (χ1v) is 6.09. The highest BCUT2D eigenvalue weighted by molar-refractivity contribution is 5.85. The Hall–Kier alpha value is -1.06. The summed E-state index contributed by atoms with van der Waals surface area (Å²) in [5.41, 5.74) is -0.162. The molecule has 0 spiro atoms. The Balaban J connectivity index is 4.57. The van der Waals surface area contributed by atoms with Crippen LogP contribution in [0.15, 0.2) is 0 Å². The van der Waals surface area contributed by atoms with Crippen molar-refractivity contribution in [3.63, 3.8) is 0 Å². The summed E-state index contributed by atoms with van der Waals surface area (Å²) in [6, 6.07) is -0.785. The number of amides is 1. The number of carboxylic acid groups (broad SMARTS) is 1. The summed E-state index contributed by atoms with van der Waals surface area (Å²) in [7, 11) is 0. The van der Waals surface area contributed by atoms with Crippen LogP contribution in [0.25, 0.3) is 0 Å². The number of carbonyl (C=O) groups is 2. The van der Waals surface area contributed by atoms with Crippen LogP contribution in [0.2, 0.25) is 0 Å². The van der Waals surface area contributed by atoms with Gasteiger partial charge in [-0.25, -0.2) is 4.79 Å². The van der Waals surface area contributed by atoms with Gasteiger partial charge in [0.2, 0.25) is 5.91 Å². The van der Waals surface area contributed by atoms with Crippen molar-refractivity contribution >= 4 is 11.9 Å². The summed E-state index contributed by atoms with van der Waals surface area (Å²) in [5.74, 6) is -1.13. The molecule has 0 fully saturated rings. The molecule has 1 unspecified atom stereocenters. The lowest BCUT2D eigenvalue weighted by atomic mass is 9.81. The van der Waals surface area contributed by atoms with Crippen molar-refractivity contribution in [2.24, 2.45) is 17.3 Å². The first kappa shape index (κ1) is 15.9. The lowest BCUT2D eigenvalue weighted by Gasteiger charge is -2.28. The van der Waals surface area contributed by atoms with Gasteiger partial charge < -0.3 is 10.4 Å². The van der Waals surface area contributed by atoms with E-state index in [4.69, 9.17) is 5.11 Å². The highest BCUT2D eigenvalue weighted by atomic mass is 16.4. The van der Waals surface area contributed by atoms with Crippen LogP contribution in [-0.2, 0) is 9.59 Å². The van der Waals surface area contributed by atoms with Gasteiger partial charge >= 0.3 is 5.97 Å². The molecule has 2 atom stereocenters. The zero-order valence-electron chi connectivity index (χ0n) is 11.7. The normalized spacial score (nSPS) is 15.5. The Kier molecular flexibility index (Phi) is 5.66. The van der Waals surface area contributed by atoms with Crippen molar-refractivity contribution in [1.29, 1.82) is 0 Å². The van der Waals surface area contributed by atoms with Gasteiger partial charge in [0.1, 0.15) is 6.04 Å². The zero-order valence-corrected chi connectivity index (χ0v) is 11.7. The third-order valence-electron chi connectivity index (χ3n) is 3.01. The lowest BCUT2D eigenvalue weighted by molar-refractivity contribution is -0.143. The van der Waals surface area contributed by atoms with Crippen LogP contribution in [0.3, 0.4) is 0 Å². The standard InChI is InChI=1S/C13H25NO3/c1-8(2)7-10(12(16)17)14-11(15)9(3)13(4,5)6/h8-10H,7H2,1-6H3,(H,14,15)(H,16,17)/t9?,10-/m1/s1. The van der Waals surface area contributed by atoms with Crippen molar-refractivity contribution in [3.05, 3.63) is 0 Å². The Morgan fingerprint density at radius 2 is 1.65 bits per heavy atom. The number of hydrogen-bond acceptors (Lipinski definition) is 2. The zero-order chi connectivity index (χ0) is 13.8. The minimum Gasteiger partial charge on any atom is -0.480 e. The monoisotopic (exact) mass is 243 g/mol. The largest absolute Gasteiger partial charge is 0.480 e. The van der Waals surface area contributed by atoms with Crippen molar-refractivity contribution < 1.29 is 14.7 Å². The molecule has 4 nitrogen and oxygen atoms in total. The summed E-state index contributed by atoms with van der Waals surface area (Å²) in [6.45, 7) is 11.6. The molecule has 0 aliphatic rings. The van der Waals surface area contributed by atoms with E-state index >= 15 is 0 Å². The van der Waals surface area contributed by atoms with Crippen LogP contribution >= 0.6 is 0 Å². The Labute approximate surface area is 104 Å². The number of hydrogen-bond donors (Lipinski definition) is 2. The average Bonchev–Trinajstić information content (AvgIpc) is 2.13. The fourth-order valence-electron chi connectivity index (χ4n) is 1.38. The summed E-state index contributed by atoms with van der Waals surface area (Å²) < 4.78 is 0. The van der Waals surface area contributed by atoms with E-state index in [1.54, 1.807) is 0 Å². The number of aliphatic carboxylic acids is 1. The molecule has 0 heterocycles. The second-order valence-electron chi connectivity index (χ2n) is 6.12. The molecule has 0 radical (unpaired) electrons. The first-order valence-electron chi connectivity index (χ1n) is 6.09. The van der Waals surface area contributed by atoms with E-state index in [1.165, 1.54) is 0 Å². The van der Waals surface area contributed by atoms with Crippen LogP contribution < -0.4 is 5.32 Å². The molecular formula is C13H25NO3. The second-order valence-corrected chi connectivity index (χ2v) is 6.12. The van der Waals surface area contributed by atoms with Crippen LogP contribution in [0.1, 0.15) is 48.0 Å². The Bertz CT molecular complexity index is 279. The molecule has 0 aliphatic carbocycles. The number of nitrogens with one attached hydrogen (secondary N) is 1. The van der Waals surface area contributed by atoms with Gasteiger partial charge in [0.05, 0.1) is 0 Å². The van der Waals surface area contributed by atoms with E-state index in [2.05, 4.69) is 5.32 Å². The molecule has 0 saturated carbocycles. The summed E-state index contributed by atoms with van der Waals surface area (Å²) in [6.07, 6.45) is 0.456. The predicted octanol–water partition coefficient (Wildman–Crippen LogP) is 2.28. The van der Waals surface area contributed by atoms with Crippen LogP contribution in [0.4, 0.5) is 0 Å². The Morgan fingerprint density at radius 1 is 1.18 bits per heavy atom. The molecule has 0 aliphatic heterocycles. The van der Waals surface area contributed by atoms with E-state index in [1.807, 2.05) is 41.5 Å². The minimum atomic E-state index is -0.965. The molecule has 0 aromatic heterocycles. The SMILES string of the molecule is CC(C)C[C@@H](NC(=O)C(C)C(C)(C)C)C(=O)O. The molecule has 0 saturated heterocycles. The minimum absolute atomic E-state index is 0.162. The second kappa shape index (κ2) is 6.03. The highest BCUT2D eigenvalue weighted by Gasteiger charge is 2.30. The Morgan fingerprint density at radius 3 is 1.94 bits per heavy atom. The number of carbonyl (C=O) groups excluding carboxylic acids is 1. The maximum atomic E-state index is 11.9. The third-order valence-corrected chi connectivity index (χ3v) is 3.01. The van der Waals surface area contributed by atoms with Crippen LogP contribution in [-0.4, -0.2) is 23.0 Å². The van der Waals surface area contributed by atoms with E-state index in [0.29, 0.717) is 6.42 Å². The van der Waals surface area contributed by atoms with Gasteiger partial charge in [-0.2, -0.15) is 0 Å². The molecule has 1 amide bonds. The number of rotatable bonds is 5. The smallest absolute Gasteiger partial charge is 0.326 e. The van der Waals surface area contributed by atoms with E-state index < -0.39 is 12.0 Å². The van der Waals surface area contributed by atoms with Crippen molar-refractivity contribution in [2.75, 3.05) is 0 Å². The van der Waals surface area contributed by atoms with Crippen molar-refractivity contribution in [2.45, 2.75) is 54.0 Å². The molecule has 4 heteroatoms. The van der Waals surface area contributed by atoms with Crippen molar-refractivity contribution in [3.8, 4) is 0 Å². The van der Waals surface area contributed by atoms with E-state index in [-0.39, 0.29) is 23.2 Å². The van der Waals surface area contributed by atoms with Crippen LogP contribution in [0, 0.1) is 17.3 Å². The first-order chi connectivity index (χ1) is 7.55. The lowest BCUT2D eigenvalue weighted by Crippen LogP contribution is -2.46. The van der Waals surface area contributed by atoms with Crippen LogP contribution in [0.5, 0.6) is 0 Å². The van der Waals surface area contributed by atoms with Gasteiger partial charge in [-0.3, -0.25) is 4.79 Å². The molecule has 0 aromatic carbocycles. The fraction of sp³-hybridized carbons (Fsp3) is 0.846. The third kappa shape index (κ3) is 5.71. The van der Waals surface area contributed by atoms with Gasteiger partial charge in [0.25, 0.3) is 0 Å². The molecule has 2 N–H and O–H groups in total. The topological polar surface area (TPSA) is 66.4 Å². The van der Waals surface area contributed by atoms with E-state index in [0.717, 1.165) is 0 Å². The summed E-state index contributed by atoms with van der Waals surface area (Å²) >= 11 is 0. The number of carboxylic acids is 1. The van der Waals surface area contributed by atoms with Gasteiger partial charge in [-0.15, -0.1) is 0 Å². The molecule has 17 heavy (non-hydrogen) atoms. The predicted molar refractivity (Wildman–Crippen MR) is 67.6 cm³/mol. The molecule has 0 rings (SSSR count). The molecular weight excluding hydrogens is 218 g/mol. The maximum Gasteiger partial charge on any atom is 0.326 e. The highest BCUT2D eigenvalue weighted by Crippen LogP contribution is 2.25. The quantitative estimate of drug-likeness (QED) is 0.778. The fourth-order valence-corrected chi connectivity index (χ4v) is 1.38.